The van der Waals surface area contributed by atoms with E-state index in [9.17, 15) is 4.79 Å². The number of carbonyl (C=O) groups is 1. The molecule has 1 unspecified atom stereocenters. The van der Waals surface area contributed by atoms with E-state index in [0.717, 1.165) is 5.56 Å². The quantitative estimate of drug-likeness (QED) is 0.779. The molecule has 0 fully saturated rings. The van der Waals surface area contributed by atoms with Crippen molar-refractivity contribution in [2.75, 3.05) is 0 Å². The highest BCUT2D eigenvalue weighted by Crippen LogP contribution is 2.25. The monoisotopic (exact) mass is 190 g/mol. The number of carboxylic acids is 1. The van der Waals surface area contributed by atoms with Crippen LogP contribution in [0.25, 0.3) is 0 Å². The fourth-order valence-corrected chi connectivity index (χ4v) is 1.68. The Labute approximate surface area is 73.4 Å². The van der Waals surface area contributed by atoms with Crippen LogP contribution in [0.4, 0.5) is 0 Å². The maximum Gasteiger partial charge on any atom is 0.310 e. The summed E-state index contributed by atoms with van der Waals surface area (Å²) in [5, 5.41) is 10.4. The van der Waals surface area contributed by atoms with Gasteiger partial charge in [-0.1, -0.05) is 11.6 Å². The van der Waals surface area contributed by atoms with Crippen LogP contribution in [-0.2, 0) is 4.79 Å². The second-order valence-electron chi connectivity index (χ2n) is 2.24. The fourth-order valence-electron chi connectivity index (χ4n) is 0.693. The van der Waals surface area contributed by atoms with E-state index in [0.29, 0.717) is 4.34 Å². The lowest BCUT2D eigenvalue weighted by atomic mass is 10.1. The zero-order valence-corrected chi connectivity index (χ0v) is 7.45. The molecule has 0 aliphatic carbocycles. The second-order valence-corrected chi connectivity index (χ2v) is 3.79. The molecule has 0 saturated heterocycles. The molecule has 1 atom stereocenters. The predicted molar refractivity (Wildman–Crippen MR) is 45.4 cm³/mol. The van der Waals surface area contributed by atoms with Crippen LogP contribution >= 0.6 is 22.9 Å². The Kier molecular flexibility index (Phi) is 2.52. The molecule has 1 N–H and O–H groups in total. The summed E-state index contributed by atoms with van der Waals surface area (Å²) in [5.74, 6) is -1.28. The van der Waals surface area contributed by atoms with E-state index in [4.69, 9.17) is 16.7 Å². The molecule has 0 aliphatic rings. The Morgan fingerprint density at radius 3 is 2.82 bits per heavy atom. The Morgan fingerprint density at radius 1 is 1.82 bits per heavy atom. The van der Waals surface area contributed by atoms with Crippen molar-refractivity contribution in [1.82, 2.24) is 0 Å². The van der Waals surface area contributed by atoms with Crippen molar-refractivity contribution in [3.05, 3.63) is 21.3 Å². The van der Waals surface area contributed by atoms with Gasteiger partial charge in [-0.05, 0) is 23.9 Å². The van der Waals surface area contributed by atoms with Gasteiger partial charge in [-0.25, -0.2) is 0 Å². The Hall–Kier alpha value is -0.540. The number of thiophene rings is 1. The van der Waals surface area contributed by atoms with E-state index in [1.165, 1.54) is 11.3 Å². The van der Waals surface area contributed by atoms with Gasteiger partial charge in [0.05, 0.1) is 10.3 Å². The lowest BCUT2D eigenvalue weighted by Crippen LogP contribution is -2.05. The van der Waals surface area contributed by atoms with Crippen molar-refractivity contribution in [2.24, 2.45) is 0 Å². The van der Waals surface area contributed by atoms with Crippen molar-refractivity contribution < 1.29 is 9.90 Å². The van der Waals surface area contributed by atoms with Crippen molar-refractivity contribution in [3.8, 4) is 0 Å². The summed E-state index contributed by atoms with van der Waals surface area (Å²) >= 11 is 6.99. The van der Waals surface area contributed by atoms with E-state index < -0.39 is 11.9 Å². The normalized spacial score (nSPS) is 12.9. The van der Waals surface area contributed by atoms with E-state index in [1.54, 1.807) is 18.4 Å². The lowest BCUT2D eigenvalue weighted by Gasteiger charge is -2.00. The van der Waals surface area contributed by atoms with Gasteiger partial charge < -0.3 is 5.11 Å². The number of halogens is 1. The van der Waals surface area contributed by atoms with Crippen LogP contribution in [0, 0.1) is 0 Å². The van der Waals surface area contributed by atoms with Gasteiger partial charge >= 0.3 is 5.97 Å². The minimum Gasteiger partial charge on any atom is -0.481 e. The smallest absolute Gasteiger partial charge is 0.310 e. The molecule has 0 radical (unpaired) electrons. The lowest BCUT2D eigenvalue weighted by molar-refractivity contribution is -0.138. The van der Waals surface area contributed by atoms with Crippen LogP contribution in [-0.4, -0.2) is 11.1 Å². The average Bonchev–Trinajstić information content (AvgIpc) is 2.34. The third-order valence-corrected chi connectivity index (χ3v) is 2.57. The van der Waals surface area contributed by atoms with Crippen LogP contribution in [0.2, 0.25) is 4.34 Å². The van der Waals surface area contributed by atoms with E-state index in [1.807, 2.05) is 0 Å². The van der Waals surface area contributed by atoms with Gasteiger partial charge in [0.15, 0.2) is 0 Å². The van der Waals surface area contributed by atoms with Crippen LogP contribution in [0.15, 0.2) is 11.4 Å². The molecule has 0 aromatic carbocycles. The molecule has 60 valence electrons. The van der Waals surface area contributed by atoms with E-state index >= 15 is 0 Å². The largest absolute Gasteiger partial charge is 0.481 e. The van der Waals surface area contributed by atoms with Crippen LogP contribution in [0.3, 0.4) is 0 Å². The molecule has 2 nitrogen and oxygen atoms in total. The van der Waals surface area contributed by atoms with Crippen molar-refractivity contribution in [3.63, 3.8) is 0 Å². The third-order valence-electron chi connectivity index (χ3n) is 1.46. The van der Waals surface area contributed by atoms with Crippen LogP contribution in [0.5, 0.6) is 0 Å². The number of carboxylic acid groups (broad SMARTS) is 1. The molecule has 1 aromatic heterocycles. The number of rotatable bonds is 2. The third kappa shape index (κ3) is 1.94. The van der Waals surface area contributed by atoms with Crippen molar-refractivity contribution in [2.45, 2.75) is 12.8 Å². The molecule has 1 heterocycles. The standard InChI is InChI=1S/C7H7ClO2S/c1-4(7(9)10)5-2-6(8)11-3-5/h2-4H,1H3,(H,9,10). The molecule has 0 spiro atoms. The molecular formula is C7H7ClO2S. The minimum atomic E-state index is -0.820. The summed E-state index contributed by atoms with van der Waals surface area (Å²) in [6.45, 7) is 1.64. The van der Waals surface area contributed by atoms with E-state index in [2.05, 4.69) is 0 Å². The Morgan fingerprint density at radius 2 is 2.45 bits per heavy atom. The van der Waals surface area contributed by atoms with Crippen molar-refractivity contribution in [1.29, 1.82) is 0 Å². The molecule has 0 bridgehead atoms. The molecule has 1 rings (SSSR count). The summed E-state index contributed by atoms with van der Waals surface area (Å²) in [5.41, 5.74) is 0.771. The maximum atomic E-state index is 10.5. The van der Waals surface area contributed by atoms with Crippen LogP contribution < -0.4 is 0 Å². The zero-order valence-electron chi connectivity index (χ0n) is 5.87. The average molecular weight is 191 g/mol. The summed E-state index contributed by atoms with van der Waals surface area (Å²) in [4.78, 5) is 10.5. The van der Waals surface area contributed by atoms with Gasteiger partial charge in [0, 0.05) is 0 Å². The minimum absolute atomic E-state index is 0.459. The molecule has 1 aromatic rings. The maximum absolute atomic E-state index is 10.5. The highest BCUT2D eigenvalue weighted by Gasteiger charge is 2.14. The first kappa shape index (κ1) is 8.56. The highest BCUT2D eigenvalue weighted by atomic mass is 35.5. The summed E-state index contributed by atoms with van der Waals surface area (Å²) in [6.07, 6.45) is 0. The Balaban J connectivity index is 2.84. The number of aliphatic carboxylic acids is 1. The number of hydrogen-bond donors (Lipinski definition) is 1. The molecule has 4 heteroatoms. The summed E-state index contributed by atoms with van der Waals surface area (Å²) in [7, 11) is 0. The van der Waals surface area contributed by atoms with Gasteiger partial charge in [0.2, 0.25) is 0 Å². The topological polar surface area (TPSA) is 37.3 Å². The van der Waals surface area contributed by atoms with Gasteiger partial charge in [-0.2, -0.15) is 0 Å². The number of hydrogen-bond acceptors (Lipinski definition) is 2. The second kappa shape index (κ2) is 3.24. The Bertz CT molecular complexity index is 269. The molecular weight excluding hydrogens is 184 g/mol. The van der Waals surface area contributed by atoms with Gasteiger partial charge in [0.25, 0.3) is 0 Å². The molecule has 11 heavy (non-hydrogen) atoms. The van der Waals surface area contributed by atoms with E-state index in [-0.39, 0.29) is 0 Å². The van der Waals surface area contributed by atoms with Gasteiger partial charge in [0.1, 0.15) is 0 Å². The van der Waals surface area contributed by atoms with Crippen molar-refractivity contribution >= 4 is 28.9 Å². The van der Waals surface area contributed by atoms with Gasteiger partial charge in [-0.3, -0.25) is 4.79 Å². The molecule has 0 aliphatic heterocycles. The summed E-state index contributed by atoms with van der Waals surface area (Å²) in [6, 6.07) is 1.69. The first-order chi connectivity index (χ1) is 5.11. The first-order valence-electron chi connectivity index (χ1n) is 3.08. The van der Waals surface area contributed by atoms with Gasteiger partial charge in [-0.15, -0.1) is 11.3 Å². The SMILES string of the molecule is CC(C(=O)O)c1csc(Cl)c1. The van der Waals surface area contributed by atoms with Crippen LogP contribution in [0.1, 0.15) is 18.4 Å². The molecule has 0 amide bonds. The predicted octanol–water partition coefficient (Wildman–Crippen LogP) is 2.59. The first-order valence-corrected chi connectivity index (χ1v) is 4.33. The summed E-state index contributed by atoms with van der Waals surface area (Å²) < 4.78 is 0.633. The highest BCUT2D eigenvalue weighted by molar-refractivity contribution is 7.14. The fraction of sp³-hybridized carbons (Fsp3) is 0.286. The molecule has 0 saturated carbocycles. The zero-order chi connectivity index (χ0) is 8.43.